The molecule has 130 valence electrons. The van der Waals surface area contributed by atoms with Gasteiger partial charge in [-0.2, -0.15) is 0 Å². The minimum atomic E-state index is 0.350. The van der Waals surface area contributed by atoms with Crippen LogP contribution in [0.15, 0.2) is 48.1 Å². The highest BCUT2D eigenvalue weighted by atomic mass is 32.1. The molecule has 1 aromatic carbocycles. The summed E-state index contributed by atoms with van der Waals surface area (Å²) in [6, 6.07) is 12.9. The summed E-state index contributed by atoms with van der Waals surface area (Å²) in [7, 11) is 2.12. The van der Waals surface area contributed by atoms with E-state index >= 15 is 0 Å². The summed E-state index contributed by atoms with van der Waals surface area (Å²) in [6.07, 6.45) is 1.66. The van der Waals surface area contributed by atoms with Gasteiger partial charge in [-0.3, -0.25) is 4.90 Å². The third-order valence-electron chi connectivity index (χ3n) is 4.69. The van der Waals surface area contributed by atoms with E-state index in [0.29, 0.717) is 6.04 Å². The van der Waals surface area contributed by atoms with Gasteiger partial charge in [-0.15, -0.1) is 11.3 Å². The standard InChI is InChI=1S/C19H22N4OS/c1-22(19-15-5-2-3-6-16(15)20-14-21-19)13-17(18-7-4-12-25-18)23-8-10-24-11-9-23/h2-7,12,14,17H,8-11,13H2,1H3. The summed E-state index contributed by atoms with van der Waals surface area (Å²) in [5, 5.41) is 3.25. The molecule has 25 heavy (non-hydrogen) atoms. The smallest absolute Gasteiger partial charge is 0.139 e. The molecule has 0 radical (unpaired) electrons. The van der Waals surface area contributed by atoms with E-state index in [-0.39, 0.29) is 0 Å². The maximum atomic E-state index is 5.54. The van der Waals surface area contributed by atoms with E-state index in [1.165, 1.54) is 4.88 Å². The summed E-state index contributed by atoms with van der Waals surface area (Å²) in [4.78, 5) is 15.1. The topological polar surface area (TPSA) is 41.5 Å². The Morgan fingerprint density at radius 2 is 2.00 bits per heavy atom. The van der Waals surface area contributed by atoms with Gasteiger partial charge in [0, 0.05) is 36.9 Å². The molecule has 0 N–H and O–H groups in total. The fourth-order valence-electron chi connectivity index (χ4n) is 3.40. The molecular formula is C19H22N4OS. The Hall–Kier alpha value is -2.02. The van der Waals surface area contributed by atoms with E-state index in [4.69, 9.17) is 4.74 Å². The molecule has 0 saturated carbocycles. The maximum Gasteiger partial charge on any atom is 0.139 e. The zero-order chi connectivity index (χ0) is 17.1. The summed E-state index contributed by atoms with van der Waals surface area (Å²) in [5.41, 5.74) is 0.985. The molecule has 0 aliphatic carbocycles. The Morgan fingerprint density at radius 1 is 1.16 bits per heavy atom. The first-order chi connectivity index (χ1) is 12.3. The quantitative estimate of drug-likeness (QED) is 0.704. The van der Waals surface area contributed by atoms with E-state index in [2.05, 4.69) is 50.4 Å². The van der Waals surface area contributed by atoms with Gasteiger partial charge in [0.05, 0.1) is 24.8 Å². The Bertz CT molecular complexity index is 812. The van der Waals surface area contributed by atoms with Gasteiger partial charge in [0.15, 0.2) is 0 Å². The number of likely N-dealkylation sites (N-methyl/N-ethyl adjacent to an activating group) is 1. The van der Waals surface area contributed by atoms with Gasteiger partial charge in [-0.1, -0.05) is 18.2 Å². The molecule has 2 aromatic heterocycles. The highest BCUT2D eigenvalue weighted by molar-refractivity contribution is 7.10. The first-order valence-corrected chi connectivity index (χ1v) is 9.47. The Balaban J connectivity index is 1.62. The molecule has 1 fully saturated rings. The van der Waals surface area contributed by atoms with Crippen molar-refractivity contribution in [1.82, 2.24) is 14.9 Å². The average Bonchev–Trinajstić information content (AvgIpc) is 3.20. The van der Waals surface area contributed by atoms with Crippen molar-refractivity contribution in [2.45, 2.75) is 6.04 Å². The third-order valence-corrected chi connectivity index (χ3v) is 5.66. The second-order valence-corrected chi connectivity index (χ2v) is 7.25. The van der Waals surface area contributed by atoms with Crippen molar-refractivity contribution in [2.75, 3.05) is 44.8 Å². The minimum Gasteiger partial charge on any atom is -0.379 e. The number of hydrogen-bond donors (Lipinski definition) is 0. The molecular weight excluding hydrogens is 332 g/mol. The van der Waals surface area contributed by atoms with Crippen LogP contribution in [0.5, 0.6) is 0 Å². The van der Waals surface area contributed by atoms with Crippen molar-refractivity contribution in [3.05, 3.63) is 53.0 Å². The largest absolute Gasteiger partial charge is 0.379 e. The molecule has 6 heteroatoms. The lowest BCUT2D eigenvalue weighted by Crippen LogP contribution is -2.43. The summed E-state index contributed by atoms with van der Waals surface area (Å²) >= 11 is 1.82. The molecule has 3 aromatic rings. The number of nitrogens with zero attached hydrogens (tertiary/aromatic N) is 4. The van der Waals surface area contributed by atoms with Crippen molar-refractivity contribution in [3.8, 4) is 0 Å². The monoisotopic (exact) mass is 354 g/mol. The summed E-state index contributed by atoms with van der Waals surface area (Å²) in [5.74, 6) is 0.986. The van der Waals surface area contributed by atoms with E-state index in [1.807, 2.05) is 29.5 Å². The first-order valence-electron chi connectivity index (χ1n) is 8.59. The minimum absolute atomic E-state index is 0.350. The molecule has 1 saturated heterocycles. The van der Waals surface area contributed by atoms with Crippen molar-refractivity contribution < 1.29 is 4.74 Å². The first kappa shape index (κ1) is 16.4. The number of ether oxygens (including phenoxy) is 1. The predicted octanol–water partition coefficient (Wildman–Crippen LogP) is 3.20. The molecule has 1 unspecified atom stereocenters. The average molecular weight is 354 g/mol. The lowest BCUT2D eigenvalue weighted by atomic mass is 10.1. The number of thiophene rings is 1. The lowest BCUT2D eigenvalue weighted by Gasteiger charge is -2.36. The third kappa shape index (κ3) is 3.51. The van der Waals surface area contributed by atoms with Crippen LogP contribution >= 0.6 is 11.3 Å². The van der Waals surface area contributed by atoms with Crippen LogP contribution in [-0.4, -0.2) is 54.8 Å². The number of hydrogen-bond acceptors (Lipinski definition) is 6. The predicted molar refractivity (Wildman–Crippen MR) is 102 cm³/mol. The zero-order valence-electron chi connectivity index (χ0n) is 14.3. The van der Waals surface area contributed by atoms with Crippen molar-refractivity contribution in [2.24, 2.45) is 0 Å². The number of aromatic nitrogens is 2. The lowest BCUT2D eigenvalue weighted by molar-refractivity contribution is 0.0183. The highest BCUT2D eigenvalue weighted by Crippen LogP contribution is 2.29. The van der Waals surface area contributed by atoms with Crippen LogP contribution < -0.4 is 4.90 Å². The van der Waals surface area contributed by atoms with Gasteiger partial charge in [0.2, 0.25) is 0 Å². The summed E-state index contributed by atoms with van der Waals surface area (Å²) in [6.45, 7) is 4.45. The molecule has 3 heterocycles. The second kappa shape index (κ2) is 7.47. The van der Waals surface area contributed by atoms with Crippen LogP contribution in [0, 0.1) is 0 Å². The van der Waals surface area contributed by atoms with Crippen LogP contribution in [0.1, 0.15) is 10.9 Å². The molecule has 0 amide bonds. The van der Waals surface area contributed by atoms with Crippen molar-refractivity contribution >= 4 is 28.1 Å². The second-order valence-electron chi connectivity index (χ2n) is 6.27. The Kier molecular flexibility index (Phi) is 4.92. The molecule has 0 spiro atoms. The zero-order valence-corrected chi connectivity index (χ0v) is 15.2. The SMILES string of the molecule is CN(CC(c1cccs1)N1CCOCC1)c1ncnc2ccccc12. The molecule has 4 rings (SSSR count). The van der Waals surface area contributed by atoms with Crippen LogP contribution in [0.2, 0.25) is 0 Å². The van der Waals surface area contributed by atoms with Gasteiger partial charge >= 0.3 is 0 Å². The molecule has 1 atom stereocenters. The summed E-state index contributed by atoms with van der Waals surface area (Å²) < 4.78 is 5.54. The normalized spacial score (nSPS) is 16.8. The molecule has 1 aliphatic rings. The number of morpholine rings is 1. The van der Waals surface area contributed by atoms with E-state index in [9.17, 15) is 0 Å². The van der Waals surface area contributed by atoms with Crippen molar-refractivity contribution in [1.29, 1.82) is 0 Å². The van der Waals surface area contributed by atoms with Crippen LogP contribution in [0.25, 0.3) is 10.9 Å². The van der Waals surface area contributed by atoms with Gasteiger partial charge in [0.1, 0.15) is 12.1 Å². The van der Waals surface area contributed by atoms with Gasteiger partial charge < -0.3 is 9.64 Å². The number of rotatable bonds is 5. The molecule has 1 aliphatic heterocycles. The molecule has 0 bridgehead atoms. The number of fused-ring (bicyclic) bond motifs is 1. The van der Waals surface area contributed by atoms with Gasteiger partial charge in [-0.25, -0.2) is 9.97 Å². The van der Waals surface area contributed by atoms with Crippen molar-refractivity contribution in [3.63, 3.8) is 0 Å². The van der Waals surface area contributed by atoms with E-state index in [1.54, 1.807) is 6.33 Å². The van der Waals surface area contributed by atoms with E-state index in [0.717, 1.165) is 49.6 Å². The maximum absolute atomic E-state index is 5.54. The Labute approximate surface area is 151 Å². The number of benzene rings is 1. The highest BCUT2D eigenvalue weighted by Gasteiger charge is 2.25. The van der Waals surface area contributed by atoms with Gasteiger partial charge in [0.25, 0.3) is 0 Å². The number of anilines is 1. The van der Waals surface area contributed by atoms with Crippen LogP contribution in [0.3, 0.4) is 0 Å². The fourth-order valence-corrected chi connectivity index (χ4v) is 4.25. The van der Waals surface area contributed by atoms with Crippen LogP contribution in [-0.2, 0) is 4.74 Å². The molecule has 5 nitrogen and oxygen atoms in total. The van der Waals surface area contributed by atoms with Crippen LogP contribution in [0.4, 0.5) is 5.82 Å². The number of para-hydroxylation sites is 1. The van der Waals surface area contributed by atoms with Gasteiger partial charge in [-0.05, 0) is 23.6 Å². The van der Waals surface area contributed by atoms with E-state index < -0.39 is 0 Å². The fraction of sp³-hybridized carbons (Fsp3) is 0.368. The Morgan fingerprint density at radius 3 is 2.80 bits per heavy atom.